The van der Waals surface area contributed by atoms with Crippen molar-refractivity contribution in [1.82, 2.24) is 0 Å². The summed E-state index contributed by atoms with van der Waals surface area (Å²) in [6, 6.07) is 0. The number of hydrogen-bond donors (Lipinski definition) is 0. The van der Waals surface area contributed by atoms with E-state index in [0.29, 0.717) is 24.0 Å². The Morgan fingerprint density at radius 1 is 0.958 bits per heavy atom. The van der Waals surface area contributed by atoms with Gasteiger partial charge in [-0.3, -0.25) is 9.59 Å². The first kappa shape index (κ1) is 15.2. The van der Waals surface area contributed by atoms with Crippen LogP contribution in [-0.2, 0) is 14.3 Å². The van der Waals surface area contributed by atoms with Crippen LogP contribution in [-0.4, -0.2) is 17.4 Å². The maximum Gasteiger partial charge on any atom is 0.306 e. The average Bonchev–Trinajstić information content (AvgIpc) is 3.08. The van der Waals surface area contributed by atoms with Crippen molar-refractivity contribution in [3.05, 3.63) is 11.6 Å². The smallest absolute Gasteiger partial charge is 0.306 e. The van der Waals surface area contributed by atoms with Crippen molar-refractivity contribution in [3.63, 3.8) is 0 Å². The van der Waals surface area contributed by atoms with Crippen LogP contribution in [0, 0.1) is 29.1 Å². The summed E-state index contributed by atoms with van der Waals surface area (Å²) in [5.41, 5.74) is 1.49. The van der Waals surface area contributed by atoms with Crippen LogP contribution in [0.2, 0.25) is 0 Å². The summed E-state index contributed by atoms with van der Waals surface area (Å²) in [7, 11) is 0. The Kier molecular flexibility index (Phi) is 3.13. The molecule has 1 heterocycles. The maximum atomic E-state index is 11.9. The molecule has 0 aromatic rings. The molecular formula is C21H28O3. The second-order valence-corrected chi connectivity index (χ2v) is 9.27. The molecule has 4 aliphatic carbocycles. The van der Waals surface area contributed by atoms with Crippen LogP contribution in [0.4, 0.5) is 0 Å². The third-order valence-corrected chi connectivity index (χ3v) is 8.63. The van der Waals surface area contributed by atoms with Crippen LogP contribution in [0.15, 0.2) is 11.6 Å². The summed E-state index contributed by atoms with van der Waals surface area (Å²) >= 11 is 0. The van der Waals surface area contributed by atoms with E-state index in [-0.39, 0.29) is 17.0 Å². The second-order valence-electron chi connectivity index (χ2n) is 9.27. The van der Waals surface area contributed by atoms with E-state index in [2.05, 4.69) is 6.92 Å². The number of esters is 1. The minimum absolute atomic E-state index is 0.0265. The zero-order valence-electron chi connectivity index (χ0n) is 14.7. The van der Waals surface area contributed by atoms with Crippen molar-refractivity contribution in [2.45, 2.75) is 76.7 Å². The van der Waals surface area contributed by atoms with Gasteiger partial charge in [0.15, 0.2) is 5.78 Å². The Bertz CT molecular complexity index is 635. The van der Waals surface area contributed by atoms with Gasteiger partial charge in [-0.05, 0) is 81.1 Å². The Labute approximate surface area is 144 Å². The predicted molar refractivity (Wildman–Crippen MR) is 90.2 cm³/mol. The van der Waals surface area contributed by atoms with Gasteiger partial charge in [-0.1, -0.05) is 12.5 Å². The van der Waals surface area contributed by atoms with Gasteiger partial charge in [0.2, 0.25) is 0 Å². The van der Waals surface area contributed by atoms with Crippen molar-refractivity contribution >= 4 is 11.8 Å². The zero-order chi connectivity index (χ0) is 16.5. The van der Waals surface area contributed by atoms with Crippen molar-refractivity contribution < 1.29 is 14.3 Å². The van der Waals surface area contributed by atoms with Crippen LogP contribution in [0.1, 0.15) is 71.1 Å². The summed E-state index contributed by atoms with van der Waals surface area (Å²) in [5.74, 6) is 3.29. The second kappa shape index (κ2) is 4.95. The summed E-state index contributed by atoms with van der Waals surface area (Å²) in [5, 5.41) is 0. The van der Waals surface area contributed by atoms with Gasteiger partial charge in [0.1, 0.15) is 5.60 Å². The highest BCUT2D eigenvalue weighted by Crippen LogP contribution is 2.67. The number of rotatable bonds is 0. The predicted octanol–water partition coefficient (Wildman–Crippen LogP) is 4.20. The standard InChI is InChI=1S/C21H28O3/c1-20-9-6-16-15-5-3-14(22)12-13(15)2-4-17(16)18(20)7-10-21(20)11-8-19(23)24-21/h12,15-18H,2-11H2,1H3/t15-,16?,17?,18?,20-,21?/m0/s1. The third-order valence-electron chi connectivity index (χ3n) is 8.63. The van der Waals surface area contributed by atoms with Crippen molar-refractivity contribution in [1.29, 1.82) is 0 Å². The number of allylic oxidation sites excluding steroid dienone is 1. The molecule has 130 valence electrons. The molecule has 0 amide bonds. The van der Waals surface area contributed by atoms with Crippen LogP contribution in [0.25, 0.3) is 0 Å². The Hall–Kier alpha value is -1.12. The summed E-state index contributed by atoms with van der Waals surface area (Å²) in [6.45, 7) is 2.43. The molecule has 1 saturated heterocycles. The summed E-state index contributed by atoms with van der Waals surface area (Å²) in [6.07, 6.45) is 12.5. The van der Waals surface area contributed by atoms with Gasteiger partial charge in [0.25, 0.3) is 0 Å². The number of carbonyl (C=O) groups is 2. The molecule has 4 unspecified atom stereocenters. The average molecular weight is 328 g/mol. The maximum absolute atomic E-state index is 11.9. The molecule has 1 aliphatic heterocycles. The van der Waals surface area contributed by atoms with Crippen molar-refractivity contribution in [2.75, 3.05) is 0 Å². The van der Waals surface area contributed by atoms with Gasteiger partial charge in [0, 0.05) is 18.3 Å². The van der Waals surface area contributed by atoms with E-state index >= 15 is 0 Å². The van der Waals surface area contributed by atoms with E-state index in [0.717, 1.165) is 43.9 Å². The van der Waals surface area contributed by atoms with E-state index in [1.54, 1.807) is 0 Å². The van der Waals surface area contributed by atoms with E-state index < -0.39 is 0 Å². The Balaban J connectivity index is 1.45. The highest BCUT2D eigenvalue weighted by Gasteiger charge is 2.65. The highest BCUT2D eigenvalue weighted by molar-refractivity contribution is 5.91. The quantitative estimate of drug-likeness (QED) is 0.626. The summed E-state index contributed by atoms with van der Waals surface area (Å²) < 4.78 is 5.99. The molecule has 3 saturated carbocycles. The zero-order valence-corrected chi connectivity index (χ0v) is 14.7. The van der Waals surface area contributed by atoms with E-state index in [1.165, 1.54) is 31.3 Å². The number of carbonyl (C=O) groups excluding carboxylic acids is 2. The molecular weight excluding hydrogens is 300 g/mol. The molecule has 6 atom stereocenters. The van der Waals surface area contributed by atoms with Gasteiger partial charge < -0.3 is 4.74 Å². The fraction of sp³-hybridized carbons (Fsp3) is 0.810. The third kappa shape index (κ3) is 1.84. The molecule has 0 radical (unpaired) electrons. The molecule has 3 nitrogen and oxygen atoms in total. The van der Waals surface area contributed by atoms with Crippen LogP contribution >= 0.6 is 0 Å². The molecule has 5 rings (SSSR count). The van der Waals surface area contributed by atoms with Gasteiger partial charge >= 0.3 is 5.97 Å². The molecule has 1 spiro atoms. The van der Waals surface area contributed by atoms with Gasteiger partial charge in [-0.15, -0.1) is 0 Å². The first-order chi connectivity index (χ1) is 11.5. The van der Waals surface area contributed by atoms with Crippen molar-refractivity contribution in [3.8, 4) is 0 Å². The van der Waals surface area contributed by atoms with Gasteiger partial charge in [0.05, 0.1) is 0 Å². The molecule has 0 N–H and O–H groups in total. The van der Waals surface area contributed by atoms with Crippen molar-refractivity contribution in [2.24, 2.45) is 29.1 Å². The van der Waals surface area contributed by atoms with E-state index in [9.17, 15) is 9.59 Å². The summed E-state index contributed by atoms with van der Waals surface area (Å²) in [4.78, 5) is 23.6. The lowest BCUT2D eigenvalue weighted by molar-refractivity contribution is -0.166. The topological polar surface area (TPSA) is 43.4 Å². The fourth-order valence-corrected chi connectivity index (χ4v) is 7.48. The molecule has 24 heavy (non-hydrogen) atoms. The van der Waals surface area contributed by atoms with Gasteiger partial charge in [-0.2, -0.15) is 0 Å². The van der Waals surface area contributed by atoms with E-state index in [4.69, 9.17) is 4.74 Å². The normalized spacial score (nSPS) is 50.1. The van der Waals surface area contributed by atoms with Crippen LogP contribution < -0.4 is 0 Å². The minimum Gasteiger partial charge on any atom is -0.458 e. The lowest BCUT2D eigenvalue weighted by atomic mass is 9.50. The monoisotopic (exact) mass is 328 g/mol. The Morgan fingerprint density at radius 2 is 1.83 bits per heavy atom. The highest BCUT2D eigenvalue weighted by atomic mass is 16.6. The number of ether oxygens (including phenoxy) is 1. The molecule has 0 aromatic carbocycles. The van der Waals surface area contributed by atoms with E-state index in [1.807, 2.05) is 6.08 Å². The SMILES string of the molecule is C[C@]12CCC3C(CCC4=CC(=O)CC[C@@H]43)C1CCC21CCC(=O)O1. The Morgan fingerprint density at radius 3 is 2.62 bits per heavy atom. The number of fused-ring (bicyclic) bond motifs is 6. The largest absolute Gasteiger partial charge is 0.458 e. The molecule has 5 aliphatic rings. The molecule has 0 aromatic heterocycles. The first-order valence-electron chi connectivity index (χ1n) is 9.98. The van der Waals surface area contributed by atoms with Crippen LogP contribution in [0.3, 0.4) is 0 Å². The number of hydrogen-bond acceptors (Lipinski definition) is 3. The minimum atomic E-state index is -0.154. The lowest BCUT2D eigenvalue weighted by Crippen LogP contribution is -2.52. The fourth-order valence-electron chi connectivity index (χ4n) is 7.48. The molecule has 3 heteroatoms. The number of ketones is 1. The van der Waals surface area contributed by atoms with Gasteiger partial charge in [-0.25, -0.2) is 0 Å². The van der Waals surface area contributed by atoms with Crippen LogP contribution in [0.5, 0.6) is 0 Å². The first-order valence-corrected chi connectivity index (χ1v) is 9.98. The molecule has 0 bridgehead atoms. The molecule has 4 fully saturated rings. The lowest BCUT2D eigenvalue weighted by Gasteiger charge is -2.55.